The summed E-state index contributed by atoms with van der Waals surface area (Å²) in [6, 6.07) is 31.3. The van der Waals surface area contributed by atoms with E-state index in [2.05, 4.69) is 9.29 Å². The molecule has 6 rings (SSSR count). The molecule has 1 heterocycles. The van der Waals surface area contributed by atoms with Gasteiger partial charge in [0.25, 0.3) is 0 Å². The van der Waals surface area contributed by atoms with E-state index >= 15 is 0 Å². The van der Waals surface area contributed by atoms with Crippen molar-refractivity contribution >= 4 is 38.5 Å². The predicted molar refractivity (Wildman–Crippen MR) is 185 cm³/mol. The first kappa shape index (κ1) is 34.8. The molecule has 0 unspecified atom stereocenters. The van der Waals surface area contributed by atoms with Crippen molar-refractivity contribution in [3.8, 4) is 5.75 Å². The quantitative estimate of drug-likeness (QED) is 0.126. The van der Waals surface area contributed by atoms with E-state index < -0.39 is 38.3 Å². The number of carboxylic acid groups (broad SMARTS) is 1. The van der Waals surface area contributed by atoms with Gasteiger partial charge in [-0.05, 0) is 59.2 Å². The smallest absolute Gasteiger partial charge is 0.335 e. The number of hydrogen-bond donors (Lipinski definition) is 2. The molecule has 5 aromatic carbocycles. The van der Waals surface area contributed by atoms with Crippen molar-refractivity contribution in [1.29, 1.82) is 0 Å². The van der Waals surface area contributed by atoms with E-state index in [-0.39, 0.29) is 31.2 Å². The van der Waals surface area contributed by atoms with Crippen molar-refractivity contribution in [3.05, 3.63) is 166 Å². The van der Waals surface area contributed by atoms with Crippen molar-refractivity contribution in [2.24, 2.45) is 0 Å². The summed E-state index contributed by atoms with van der Waals surface area (Å²) in [5, 5.41) is 10.5. The maximum atomic E-state index is 14.5. The first-order valence-electron chi connectivity index (χ1n) is 15.5. The Morgan fingerprint density at radius 1 is 0.820 bits per heavy atom. The average Bonchev–Trinajstić information content (AvgIpc) is 3.37. The van der Waals surface area contributed by atoms with Crippen LogP contribution < -0.4 is 9.46 Å². The minimum absolute atomic E-state index is 0.0781. The normalized spacial score (nSPS) is 11.7. The number of rotatable bonds is 13. The number of carbonyl (C=O) groups is 1. The van der Waals surface area contributed by atoms with Crippen LogP contribution in [0.5, 0.6) is 5.75 Å². The van der Waals surface area contributed by atoms with Crippen molar-refractivity contribution in [3.63, 3.8) is 0 Å². The van der Waals surface area contributed by atoms with Crippen LogP contribution in [-0.2, 0) is 22.9 Å². The van der Waals surface area contributed by atoms with E-state index in [1.54, 1.807) is 18.2 Å². The van der Waals surface area contributed by atoms with Crippen molar-refractivity contribution < 1.29 is 36.2 Å². The second kappa shape index (κ2) is 14.8. The predicted octanol–water partition coefficient (Wildman–Crippen LogP) is 8.19. The third kappa shape index (κ3) is 7.40. The molecule has 0 aliphatic carbocycles. The Hall–Kier alpha value is -5.10. The van der Waals surface area contributed by atoms with Crippen LogP contribution in [-0.4, -0.2) is 37.2 Å². The van der Waals surface area contributed by atoms with E-state index in [0.717, 1.165) is 27.6 Å². The monoisotopic (exact) mass is 718 g/mol. The number of nitrogens with zero attached hydrogens (tertiary/aromatic N) is 1. The lowest BCUT2D eigenvalue weighted by molar-refractivity contribution is 0.0696. The van der Waals surface area contributed by atoms with Gasteiger partial charge < -0.3 is 14.4 Å². The molecule has 0 saturated heterocycles. The molecule has 0 amide bonds. The Morgan fingerprint density at radius 2 is 1.42 bits per heavy atom. The van der Waals surface area contributed by atoms with Gasteiger partial charge >= 0.3 is 5.97 Å². The molecule has 12 heteroatoms. The molecule has 256 valence electrons. The van der Waals surface area contributed by atoms with Crippen LogP contribution in [0.3, 0.4) is 0 Å². The molecule has 0 aliphatic heterocycles. The van der Waals surface area contributed by atoms with Gasteiger partial charge in [-0.25, -0.2) is 31.1 Å². The second-order valence-electron chi connectivity index (χ2n) is 11.5. The summed E-state index contributed by atoms with van der Waals surface area (Å²) in [6.07, 6.45) is 0.416. The molecule has 0 spiro atoms. The van der Waals surface area contributed by atoms with Crippen molar-refractivity contribution in [1.82, 2.24) is 9.29 Å². The second-order valence-corrected chi connectivity index (χ2v) is 13.6. The van der Waals surface area contributed by atoms with E-state index in [1.165, 1.54) is 12.1 Å². The summed E-state index contributed by atoms with van der Waals surface area (Å²) in [5.41, 5.74) is 4.34. The molecule has 0 atom stereocenters. The third-order valence-electron chi connectivity index (χ3n) is 8.28. The van der Waals surface area contributed by atoms with Gasteiger partial charge in [-0.2, -0.15) is 0 Å². The van der Waals surface area contributed by atoms with Crippen molar-refractivity contribution in [2.45, 2.75) is 23.8 Å². The molecule has 0 saturated carbocycles. The van der Waals surface area contributed by atoms with Crippen LogP contribution in [0.25, 0.3) is 10.9 Å². The zero-order chi connectivity index (χ0) is 35.4. The van der Waals surface area contributed by atoms with Crippen LogP contribution in [0.4, 0.5) is 13.2 Å². The number of nitrogens with one attached hydrogen (secondary N) is 1. The Balaban J connectivity index is 1.44. The molecule has 0 fully saturated rings. The number of ether oxygens (including phenoxy) is 1. The molecule has 6 aromatic rings. The number of hydrogen-bond acceptors (Lipinski definition) is 4. The topological polar surface area (TPSA) is 97.6 Å². The van der Waals surface area contributed by atoms with Gasteiger partial charge in [0.1, 0.15) is 23.2 Å². The van der Waals surface area contributed by atoms with E-state index in [1.807, 2.05) is 72.8 Å². The number of halogens is 4. The summed E-state index contributed by atoms with van der Waals surface area (Å²) in [6.45, 7) is -0.0897. The highest BCUT2D eigenvalue weighted by Gasteiger charge is 2.28. The number of sulfonamides is 1. The van der Waals surface area contributed by atoms with Crippen LogP contribution in [0.1, 0.15) is 38.8 Å². The molecule has 0 radical (unpaired) electrons. The Labute approximate surface area is 291 Å². The summed E-state index contributed by atoms with van der Waals surface area (Å²) in [5.74, 6) is -4.92. The van der Waals surface area contributed by atoms with Crippen LogP contribution in [0.15, 0.2) is 120 Å². The maximum Gasteiger partial charge on any atom is 0.335 e. The largest absolute Gasteiger partial charge is 0.493 e. The summed E-state index contributed by atoms with van der Waals surface area (Å²) >= 11 is 6.53. The first-order chi connectivity index (χ1) is 24.0. The zero-order valence-electron chi connectivity index (χ0n) is 26.3. The fourth-order valence-corrected chi connectivity index (χ4v) is 7.46. The van der Waals surface area contributed by atoms with Gasteiger partial charge in [-0.3, -0.25) is 0 Å². The van der Waals surface area contributed by atoms with Crippen molar-refractivity contribution in [2.75, 3.05) is 13.2 Å². The molecule has 0 bridgehead atoms. The van der Waals surface area contributed by atoms with E-state index in [9.17, 15) is 31.5 Å². The standard InChI is InChI=1S/C38H30ClF3N2O5S/c39-27-13-16-34-31(21-27)30(18-20-49-29-14-11-26(12-15-29)38(45)46)35(17-19-43-50(47,48)37-32(41)22-28(40)23-33(37)42)44(34)36(24-7-3-1-4-8-24)25-9-5-2-6-10-25/h1-16,21-23,36,43H,17-20H2,(H,45,46). The highest BCUT2D eigenvalue weighted by molar-refractivity contribution is 7.89. The summed E-state index contributed by atoms with van der Waals surface area (Å²) in [7, 11) is -4.72. The van der Waals surface area contributed by atoms with Gasteiger partial charge in [-0.1, -0.05) is 72.3 Å². The number of carboxylic acids is 1. The Kier molecular flexibility index (Phi) is 10.3. The Bertz CT molecular complexity index is 2200. The lowest BCUT2D eigenvalue weighted by Crippen LogP contribution is -2.29. The molecular formula is C38H30ClF3N2O5S. The summed E-state index contributed by atoms with van der Waals surface area (Å²) in [4.78, 5) is 10.0. The fraction of sp³-hybridized carbons (Fsp3) is 0.132. The fourth-order valence-electron chi connectivity index (χ4n) is 6.14. The van der Waals surface area contributed by atoms with E-state index in [4.69, 9.17) is 16.3 Å². The highest BCUT2D eigenvalue weighted by atomic mass is 35.5. The van der Waals surface area contributed by atoms with E-state index in [0.29, 0.717) is 35.0 Å². The molecular weight excluding hydrogens is 689 g/mol. The first-order valence-corrected chi connectivity index (χ1v) is 17.4. The van der Waals surface area contributed by atoms with Gasteiger partial charge in [0.15, 0.2) is 4.90 Å². The summed E-state index contributed by atoms with van der Waals surface area (Å²) < 4.78 is 79.3. The molecule has 1 aromatic heterocycles. The van der Waals surface area contributed by atoms with Gasteiger partial charge in [-0.15, -0.1) is 0 Å². The molecule has 0 aliphatic rings. The Morgan fingerprint density at radius 3 is 2.00 bits per heavy atom. The zero-order valence-corrected chi connectivity index (χ0v) is 27.9. The van der Waals surface area contributed by atoms with Crippen LogP contribution in [0, 0.1) is 17.5 Å². The van der Waals surface area contributed by atoms with Crippen LogP contribution in [0.2, 0.25) is 5.02 Å². The number of aromatic carboxylic acids is 1. The SMILES string of the molecule is O=C(O)c1ccc(OCCc2c(CCNS(=O)(=O)c3c(F)cc(F)cc3F)n(C(c3ccccc3)c3ccccc3)c3ccc(Cl)cc23)cc1. The van der Waals surface area contributed by atoms with Gasteiger partial charge in [0, 0.05) is 53.1 Å². The van der Waals surface area contributed by atoms with Crippen LogP contribution >= 0.6 is 11.6 Å². The number of aromatic nitrogens is 1. The third-order valence-corrected chi connectivity index (χ3v) is 10.0. The maximum absolute atomic E-state index is 14.5. The number of benzene rings is 5. The minimum Gasteiger partial charge on any atom is -0.493 e. The molecule has 50 heavy (non-hydrogen) atoms. The lowest BCUT2D eigenvalue weighted by Gasteiger charge is -2.25. The lowest BCUT2D eigenvalue weighted by atomic mass is 9.97. The van der Waals surface area contributed by atoms with Gasteiger partial charge in [0.05, 0.1) is 18.2 Å². The number of fused-ring (bicyclic) bond motifs is 1. The molecule has 7 nitrogen and oxygen atoms in total. The molecule has 2 N–H and O–H groups in total. The van der Waals surface area contributed by atoms with Gasteiger partial charge in [0.2, 0.25) is 10.0 Å². The highest BCUT2D eigenvalue weighted by Crippen LogP contribution is 2.38. The average molecular weight is 719 g/mol. The minimum atomic E-state index is -4.72.